The summed E-state index contributed by atoms with van der Waals surface area (Å²) in [6.07, 6.45) is 8.62. The molecule has 0 aromatic rings. The number of aliphatic hydroxyl groups excluding tert-OH is 2. The second kappa shape index (κ2) is 8.08. The zero-order valence-electron chi connectivity index (χ0n) is 9.53. The molecule has 0 amide bonds. The second-order valence-corrected chi connectivity index (χ2v) is 4.56. The van der Waals surface area contributed by atoms with Crippen molar-refractivity contribution in [2.45, 2.75) is 51.0 Å². The van der Waals surface area contributed by atoms with Gasteiger partial charge in [-0.05, 0) is 18.8 Å². The van der Waals surface area contributed by atoms with E-state index in [0.717, 1.165) is 12.3 Å². The van der Waals surface area contributed by atoms with Gasteiger partial charge < -0.3 is 14.9 Å². The highest BCUT2D eigenvalue weighted by atomic mass is 16.5. The lowest BCUT2D eigenvalue weighted by molar-refractivity contribution is 0.00437. The van der Waals surface area contributed by atoms with E-state index in [1.165, 1.54) is 38.5 Å². The Labute approximate surface area is 92.4 Å². The molecule has 0 bridgehead atoms. The third-order valence-electron chi connectivity index (χ3n) is 3.15. The first-order valence-electron chi connectivity index (χ1n) is 6.19. The molecule has 1 rings (SSSR count). The normalized spacial score (nSPS) is 20.4. The summed E-state index contributed by atoms with van der Waals surface area (Å²) in [7, 11) is 0. The second-order valence-electron chi connectivity index (χ2n) is 4.56. The fraction of sp³-hybridized carbons (Fsp3) is 1.00. The van der Waals surface area contributed by atoms with Crippen molar-refractivity contribution in [1.29, 1.82) is 0 Å². The summed E-state index contributed by atoms with van der Waals surface area (Å²) in [6.45, 7) is 0.775. The quantitative estimate of drug-likeness (QED) is 0.637. The minimum absolute atomic E-state index is 0.206. The molecule has 1 atom stereocenters. The van der Waals surface area contributed by atoms with E-state index in [-0.39, 0.29) is 13.2 Å². The van der Waals surface area contributed by atoms with Crippen molar-refractivity contribution in [3.05, 3.63) is 0 Å². The largest absolute Gasteiger partial charge is 0.394 e. The zero-order valence-corrected chi connectivity index (χ0v) is 9.53. The number of rotatable bonds is 7. The topological polar surface area (TPSA) is 49.7 Å². The lowest BCUT2D eigenvalue weighted by atomic mass is 9.86. The van der Waals surface area contributed by atoms with Crippen molar-refractivity contribution < 1.29 is 14.9 Å². The van der Waals surface area contributed by atoms with Crippen molar-refractivity contribution in [2.24, 2.45) is 5.92 Å². The van der Waals surface area contributed by atoms with E-state index in [9.17, 15) is 0 Å². The van der Waals surface area contributed by atoms with E-state index >= 15 is 0 Å². The van der Waals surface area contributed by atoms with Crippen LogP contribution in [-0.4, -0.2) is 36.1 Å². The minimum Gasteiger partial charge on any atom is -0.394 e. The predicted molar refractivity (Wildman–Crippen MR) is 59.7 cm³/mol. The van der Waals surface area contributed by atoms with Gasteiger partial charge >= 0.3 is 0 Å². The third-order valence-corrected chi connectivity index (χ3v) is 3.15. The van der Waals surface area contributed by atoms with Gasteiger partial charge in [-0.3, -0.25) is 0 Å². The van der Waals surface area contributed by atoms with Gasteiger partial charge in [-0.25, -0.2) is 0 Å². The molecule has 1 saturated carbocycles. The molecule has 3 heteroatoms. The smallest absolute Gasteiger partial charge is 0.100 e. The minimum atomic E-state index is -0.709. The first-order chi connectivity index (χ1) is 7.33. The van der Waals surface area contributed by atoms with Crippen LogP contribution in [-0.2, 0) is 4.74 Å². The van der Waals surface area contributed by atoms with Gasteiger partial charge in [-0.2, -0.15) is 0 Å². The molecule has 1 aliphatic carbocycles. The Bertz CT molecular complexity index is 144. The van der Waals surface area contributed by atoms with Crippen molar-refractivity contribution in [3.63, 3.8) is 0 Å². The van der Waals surface area contributed by atoms with E-state index in [1.54, 1.807) is 0 Å². The lowest BCUT2D eigenvalue weighted by Crippen LogP contribution is -2.19. The summed E-state index contributed by atoms with van der Waals surface area (Å²) >= 11 is 0. The molecule has 0 aromatic heterocycles. The van der Waals surface area contributed by atoms with Crippen LogP contribution in [0.1, 0.15) is 44.9 Å². The molecular weight excluding hydrogens is 192 g/mol. The monoisotopic (exact) mass is 216 g/mol. The summed E-state index contributed by atoms with van der Waals surface area (Å²) < 4.78 is 5.27. The summed E-state index contributed by atoms with van der Waals surface area (Å²) in [4.78, 5) is 0. The predicted octanol–water partition coefficient (Wildman–Crippen LogP) is 1.72. The zero-order chi connectivity index (χ0) is 10.9. The van der Waals surface area contributed by atoms with Crippen molar-refractivity contribution >= 4 is 0 Å². The SMILES string of the molecule is OCC(O)COCCCC1CCCCC1. The first-order valence-corrected chi connectivity index (χ1v) is 6.19. The van der Waals surface area contributed by atoms with Gasteiger partial charge in [0.25, 0.3) is 0 Å². The standard InChI is InChI=1S/C12H24O3/c13-9-12(14)10-15-8-4-7-11-5-2-1-3-6-11/h11-14H,1-10H2. The van der Waals surface area contributed by atoms with Gasteiger partial charge in [0.15, 0.2) is 0 Å². The fourth-order valence-corrected chi connectivity index (χ4v) is 2.22. The third kappa shape index (κ3) is 6.13. The van der Waals surface area contributed by atoms with Gasteiger partial charge in [-0.15, -0.1) is 0 Å². The fourth-order valence-electron chi connectivity index (χ4n) is 2.22. The highest BCUT2D eigenvalue weighted by Gasteiger charge is 2.12. The van der Waals surface area contributed by atoms with Crippen molar-refractivity contribution in [3.8, 4) is 0 Å². The Kier molecular flexibility index (Phi) is 6.98. The Morgan fingerprint density at radius 1 is 1.20 bits per heavy atom. The molecule has 1 unspecified atom stereocenters. The Balaban J connectivity index is 1.87. The molecule has 2 N–H and O–H groups in total. The molecule has 0 radical (unpaired) electrons. The average molecular weight is 216 g/mol. The molecule has 90 valence electrons. The van der Waals surface area contributed by atoms with Gasteiger partial charge in [0.2, 0.25) is 0 Å². The summed E-state index contributed by atoms with van der Waals surface area (Å²) in [6, 6.07) is 0. The molecule has 0 aromatic carbocycles. The van der Waals surface area contributed by atoms with Crippen LogP contribution in [0.4, 0.5) is 0 Å². The number of hydrogen-bond acceptors (Lipinski definition) is 3. The highest BCUT2D eigenvalue weighted by molar-refractivity contribution is 4.65. The maximum atomic E-state index is 9.03. The van der Waals surface area contributed by atoms with E-state index in [1.807, 2.05) is 0 Å². The van der Waals surface area contributed by atoms with Crippen LogP contribution >= 0.6 is 0 Å². The van der Waals surface area contributed by atoms with Crippen LogP contribution in [0.2, 0.25) is 0 Å². The summed E-state index contributed by atoms with van der Waals surface area (Å²) in [5.74, 6) is 0.908. The molecule has 0 saturated heterocycles. The average Bonchev–Trinajstić information content (AvgIpc) is 2.29. The summed E-state index contributed by atoms with van der Waals surface area (Å²) in [5, 5.41) is 17.6. The van der Waals surface area contributed by atoms with Gasteiger partial charge in [0, 0.05) is 6.61 Å². The van der Waals surface area contributed by atoms with E-state index in [2.05, 4.69) is 0 Å². The van der Waals surface area contributed by atoms with Crippen LogP contribution in [0.3, 0.4) is 0 Å². The molecular formula is C12H24O3. The van der Waals surface area contributed by atoms with Crippen LogP contribution in [0.5, 0.6) is 0 Å². The van der Waals surface area contributed by atoms with Crippen molar-refractivity contribution in [2.75, 3.05) is 19.8 Å². The van der Waals surface area contributed by atoms with E-state index in [4.69, 9.17) is 14.9 Å². The van der Waals surface area contributed by atoms with Gasteiger partial charge in [0.1, 0.15) is 6.10 Å². The molecule has 0 heterocycles. The van der Waals surface area contributed by atoms with Crippen LogP contribution in [0, 0.1) is 5.92 Å². The number of aliphatic hydroxyl groups is 2. The Hall–Kier alpha value is -0.120. The Morgan fingerprint density at radius 3 is 2.60 bits per heavy atom. The summed E-state index contributed by atoms with van der Waals surface area (Å²) in [5.41, 5.74) is 0. The maximum Gasteiger partial charge on any atom is 0.100 e. The lowest BCUT2D eigenvalue weighted by Gasteiger charge is -2.21. The molecule has 15 heavy (non-hydrogen) atoms. The Morgan fingerprint density at radius 2 is 1.93 bits per heavy atom. The molecule has 1 fully saturated rings. The number of ether oxygens (including phenoxy) is 1. The van der Waals surface area contributed by atoms with E-state index < -0.39 is 6.10 Å². The highest BCUT2D eigenvalue weighted by Crippen LogP contribution is 2.27. The molecule has 1 aliphatic rings. The first kappa shape index (κ1) is 12.9. The van der Waals surface area contributed by atoms with Gasteiger partial charge in [0.05, 0.1) is 13.2 Å². The molecule has 3 nitrogen and oxygen atoms in total. The van der Waals surface area contributed by atoms with Crippen LogP contribution in [0.25, 0.3) is 0 Å². The maximum absolute atomic E-state index is 9.03. The number of hydrogen-bond donors (Lipinski definition) is 2. The van der Waals surface area contributed by atoms with Crippen molar-refractivity contribution in [1.82, 2.24) is 0 Å². The van der Waals surface area contributed by atoms with Gasteiger partial charge in [-0.1, -0.05) is 32.1 Å². The van der Waals surface area contributed by atoms with E-state index in [0.29, 0.717) is 6.61 Å². The van der Waals surface area contributed by atoms with Crippen LogP contribution < -0.4 is 0 Å². The van der Waals surface area contributed by atoms with Crippen LogP contribution in [0.15, 0.2) is 0 Å². The molecule has 0 spiro atoms. The molecule has 0 aliphatic heterocycles.